The highest BCUT2D eigenvalue weighted by Crippen LogP contribution is 2.25. The van der Waals surface area contributed by atoms with Crippen molar-refractivity contribution in [2.45, 2.75) is 13.3 Å². The third-order valence-electron chi connectivity index (χ3n) is 2.53. The van der Waals surface area contributed by atoms with Gasteiger partial charge in [0, 0.05) is 16.2 Å². The Labute approximate surface area is 115 Å². The fraction of sp³-hybridized carbons (Fsp3) is 0.214. The van der Waals surface area contributed by atoms with Crippen molar-refractivity contribution in [1.82, 2.24) is 4.98 Å². The lowest BCUT2D eigenvalue weighted by atomic mass is 10.1. The largest absolute Gasteiger partial charge is 0.439 e. The molecule has 0 aliphatic heterocycles. The van der Waals surface area contributed by atoms with E-state index in [-0.39, 0.29) is 0 Å². The fourth-order valence-electron chi connectivity index (χ4n) is 1.67. The molecular weight excluding hydrogens is 292 g/mol. The van der Waals surface area contributed by atoms with E-state index >= 15 is 0 Å². The summed E-state index contributed by atoms with van der Waals surface area (Å²) < 4.78 is 6.73. The number of aryl methyl sites for hydroxylation is 1. The third-order valence-corrected chi connectivity index (χ3v) is 3.02. The number of nitrogens with zero attached hydrogens (tertiary/aromatic N) is 1. The van der Waals surface area contributed by atoms with Gasteiger partial charge in [0.25, 0.3) is 0 Å². The second-order valence-corrected chi connectivity index (χ2v) is 4.98. The highest BCUT2D eigenvalue weighted by atomic mass is 79.9. The van der Waals surface area contributed by atoms with Crippen molar-refractivity contribution in [3.05, 3.63) is 52.1 Å². The molecule has 1 heterocycles. The molecule has 0 saturated heterocycles. The first-order valence-electron chi connectivity index (χ1n) is 5.78. The van der Waals surface area contributed by atoms with Gasteiger partial charge in [-0.15, -0.1) is 0 Å². The Morgan fingerprint density at radius 3 is 2.83 bits per heavy atom. The lowest BCUT2D eigenvalue weighted by Gasteiger charge is -2.09. The van der Waals surface area contributed by atoms with E-state index in [0.717, 1.165) is 27.8 Å². The molecule has 0 unspecified atom stereocenters. The number of hydrogen-bond acceptors (Lipinski definition) is 3. The molecule has 0 fully saturated rings. The Bertz CT molecular complexity index is 543. The van der Waals surface area contributed by atoms with Gasteiger partial charge in [-0.05, 0) is 49.7 Å². The van der Waals surface area contributed by atoms with Crippen molar-refractivity contribution in [3.8, 4) is 11.6 Å². The van der Waals surface area contributed by atoms with Gasteiger partial charge in [0.05, 0.1) is 0 Å². The maximum atomic E-state index is 5.75. The van der Waals surface area contributed by atoms with Crippen molar-refractivity contribution in [2.24, 2.45) is 5.73 Å². The minimum Gasteiger partial charge on any atom is -0.439 e. The van der Waals surface area contributed by atoms with Gasteiger partial charge in [0.15, 0.2) is 0 Å². The van der Waals surface area contributed by atoms with E-state index in [2.05, 4.69) is 27.0 Å². The number of rotatable bonds is 4. The summed E-state index contributed by atoms with van der Waals surface area (Å²) in [5.74, 6) is 1.40. The van der Waals surface area contributed by atoms with Crippen LogP contribution in [0.15, 0.2) is 41.0 Å². The van der Waals surface area contributed by atoms with Gasteiger partial charge in [-0.3, -0.25) is 0 Å². The summed E-state index contributed by atoms with van der Waals surface area (Å²) in [7, 11) is 0. The van der Waals surface area contributed by atoms with E-state index in [9.17, 15) is 0 Å². The molecule has 0 saturated carbocycles. The van der Waals surface area contributed by atoms with Crippen molar-refractivity contribution in [3.63, 3.8) is 0 Å². The first-order valence-corrected chi connectivity index (χ1v) is 6.57. The predicted octanol–water partition coefficient (Wildman–Crippen LogP) is 3.45. The van der Waals surface area contributed by atoms with Gasteiger partial charge in [-0.1, -0.05) is 22.0 Å². The van der Waals surface area contributed by atoms with Crippen LogP contribution in [0, 0.1) is 6.92 Å². The first-order chi connectivity index (χ1) is 8.69. The molecule has 4 heteroatoms. The standard InChI is InChI=1S/C14H15BrN2O/c1-10-7-11(5-6-16)9-17-14(10)18-13-4-2-3-12(15)8-13/h2-4,7-9H,5-6,16H2,1H3. The summed E-state index contributed by atoms with van der Waals surface area (Å²) in [5.41, 5.74) is 7.68. The van der Waals surface area contributed by atoms with Crippen LogP contribution in [0.4, 0.5) is 0 Å². The number of halogens is 1. The highest BCUT2D eigenvalue weighted by molar-refractivity contribution is 9.10. The Balaban J connectivity index is 2.19. The molecule has 3 nitrogen and oxygen atoms in total. The summed E-state index contributed by atoms with van der Waals surface area (Å²) in [5, 5.41) is 0. The van der Waals surface area contributed by atoms with Crippen LogP contribution in [0.5, 0.6) is 11.6 Å². The molecule has 0 spiro atoms. The number of benzene rings is 1. The van der Waals surface area contributed by atoms with Crippen LogP contribution in [0.25, 0.3) is 0 Å². The second kappa shape index (κ2) is 5.98. The average molecular weight is 307 g/mol. The van der Waals surface area contributed by atoms with Crippen LogP contribution in [-0.2, 0) is 6.42 Å². The lowest BCUT2D eigenvalue weighted by molar-refractivity contribution is 0.458. The van der Waals surface area contributed by atoms with Crippen molar-refractivity contribution in [2.75, 3.05) is 6.54 Å². The molecule has 0 amide bonds. The van der Waals surface area contributed by atoms with E-state index < -0.39 is 0 Å². The van der Waals surface area contributed by atoms with Gasteiger partial charge in [-0.25, -0.2) is 4.98 Å². The van der Waals surface area contributed by atoms with E-state index in [1.54, 1.807) is 0 Å². The third kappa shape index (κ3) is 3.31. The highest BCUT2D eigenvalue weighted by Gasteiger charge is 2.04. The second-order valence-electron chi connectivity index (χ2n) is 4.06. The number of ether oxygens (including phenoxy) is 1. The quantitative estimate of drug-likeness (QED) is 0.941. The molecule has 94 valence electrons. The topological polar surface area (TPSA) is 48.1 Å². The lowest BCUT2D eigenvalue weighted by Crippen LogP contribution is -2.03. The van der Waals surface area contributed by atoms with Gasteiger partial charge in [-0.2, -0.15) is 0 Å². The Hall–Kier alpha value is -1.39. The maximum Gasteiger partial charge on any atom is 0.222 e. The van der Waals surface area contributed by atoms with Gasteiger partial charge >= 0.3 is 0 Å². The normalized spacial score (nSPS) is 10.4. The summed E-state index contributed by atoms with van der Waals surface area (Å²) in [6, 6.07) is 9.76. The van der Waals surface area contributed by atoms with Crippen molar-refractivity contribution in [1.29, 1.82) is 0 Å². The van der Waals surface area contributed by atoms with Crippen molar-refractivity contribution >= 4 is 15.9 Å². The smallest absolute Gasteiger partial charge is 0.222 e. The van der Waals surface area contributed by atoms with Crippen LogP contribution in [-0.4, -0.2) is 11.5 Å². The van der Waals surface area contributed by atoms with Gasteiger partial charge < -0.3 is 10.5 Å². The van der Waals surface area contributed by atoms with Crippen LogP contribution >= 0.6 is 15.9 Å². The number of pyridine rings is 1. The summed E-state index contributed by atoms with van der Waals surface area (Å²) in [6.07, 6.45) is 2.65. The minimum absolute atomic E-state index is 0.632. The Kier molecular flexibility index (Phi) is 4.33. The molecule has 1 aromatic carbocycles. The fourth-order valence-corrected chi connectivity index (χ4v) is 2.05. The number of hydrogen-bond donors (Lipinski definition) is 1. The Morgan fingerprint density at radius 1 is 1.33 bits per heavy atom. The molecule has 1 aromatic heterocycles. The van der Waals surface area contributed by atoms with Crippen LogP contribution < -0.4 is 10.5 Å². The molecule has 18 heavy (non-hydrogen) atoms. The molecule has 2 N–H and O–H groups in total. The summed E-state index contributed by atoms with van der Waals surface area (Å²) in [6.45, 7) is 2.62. The van der Waals surface area contributed by atoms with Crippen LogP contribution in [0.1, 0.15) is 11.1 Å². The van der Waals surface area contributed by atoms with E-state index in [0.29, 0.717) is 12.4 Å². The zero-order valence-electron chi connectivity index (χ0n) is 10.2. The molecular formula is C14H15BrN2O. The van der Waals surface area contributed by atoms with Gasteiger partial charge in [0.2, 0.25) is 5.88 Å². The summed E-state index contributed by atoms with van der Waals surface area (Å²) >= 11 is 3.41. The van der Waals surface area contributed by atoms with Gasteiger partial charge in [0.1, 0.15) is 5.75 Å². The SMILES string of the molecule is Cc1cc(CCN)cnc1Oc1cccc(Br)c1. The number of aromatic nitrogens is 1. The van der Waals surface area contributed by atoms with E-state index in [4.69, 9.17) is 10.5 Å². The molecule has 0 aliphatic carbocycles. The molecule has 0 aliphatic rings. The zero-order valence-corrected chi connectivity index (χ0v) is 11.8. The van der Waals surface area contributed by atoms with Crippen LogP contribution in [0.2, 0.25) is 0 Å². The van der Waals surface area contributed by atoms with E-state index in [1.165, 1.54) is 0 Å². The number of nitrogens with two attached hydrogens (primary N) is 1. The molecule has 2 rings (SSSR count). The molecule has 0 bridgehead atoms. The molecule has 0 atom stereocenters. The minimum atomic E-state index is 0.632. The molecule has 0 radical (unpaired) electrons. The first kappa shape index (κ1) is 13.1. The predicted molar refractivity (Wildman–Crippen MR) is 75.9 cm³/mol. The maximum absolute atomic E-state index is 5.75. The van der Waals surface area contributed by atoms with Crippen molar-refractivity contribution < 1.29 is 4.74 Å². The van der Waals surface area contributed by atoms with Crippen LogP contribution in [0.3, 0.4) is 0 Å². The Morgan fingerprint density at radius 2 is 2.17 bits per heavy atom. The molecule has 2 aromatic rings. The monoisotopic (exact) mass is 306 g/mol. The average Bonchev–Trinajstić information content (AvgIpc) is 2.33. The van der Waals surface area contributed by atoms with E-state index in [1.807, 2.05) is 37.4 Å². The zero-order chi connectivity index (χ0) is 13.0. The summed E-state index contributed by atoms with van der Waals surface area (Å²) in [4.78, 5) is 4.33.